The fourth-order valence-corrected chi connectivity index (χ4v) is 1.06. The number of aromatic nitrogens is 1. The smallest absolute Gasteiger partial charge is 0.185 e. The molecule has 0 spiro atoms. The molecule has 0 saturated heterocycles. The quantitative estimate of drug-likeness (QED) is 0.698. The summed E-state index contributed by atoms with van der Waals surface area (Å²) in [6.07, 6.45) is 1.57. The van der Waals surface area contributed by atoms with Crippen molar-refractivity contribution >= 4 is 11.6 Å². The van der Waals surface area contributed by atoms with Gasteiger partial charge in [0.15, 0.2) is 5.78 Å². The van der Waals surface area contributed by atoms with Crippen LogP contribution in [0.2, 0.25) is 0 Å². The number of nitrogen functional groups attached to an aromatic ring is 1. The standard InChI is InChI=1S/C10H15N3O/c1-10(2,12-3)8(14)7-5-4-6-13-9(7)11/h4-6,12H,1-3H3,(H2,11,13). The second kappa shape index (κ2) is 3.75. The molecule has 4 nitrogen and oxygen atoms in total. The van der Waals surface area contributed by atoms with Crippen molar-refractivity contribution in [1.82, 2.24) is 10.3 Å². The Hall–Kier alpha value is -1.42. The molecule has 76 valence electrons. The van der Waals surface area contributed by atoms with Gasteiger partial charge in [0.05, 0.1) is 11.1 Å². The van der Waals surface area contributed by atoms with E-state index in [1.165, 1.54) is 0 Å². The van der Waals surface area contributed by atoms with E-state index in [0.717, 1.165) is 0 Å². The number of ketones is 1. The molecule has 1 rings (SSSR count). The highest BCUT2D eigenvalue weighted by Gasteiger charge is 2.27. The molecule has 0 amide bonds. The molecule has 0 aliphatic rings. The molecular weight excluding hydrogens is 178 g/mol. The summed E-state index contributed by atoms with van der Waals surface area (Å²) in [4.78, 5) is 15.8. The van der Waals surface area contributed by atoms with E-state index in [1.54, 1.807) is 25.4 Å². The van der Waals surface area contributed by atoms with Gasteiger partial charge in [0.1, 0.15) is 5.82 Å². The first-order valence-corrected chi connectivity index (χ1v) is 4.43. The van der Waals surface area contributed by atoms with Crippen LogP contribution in [0.4, 0.5) is 5.82 Å². The van der Waals surface area contributed by atoms with Crippen LogP contribution >= 0.6 is 0 Å². The van der Waals surface area contributed by atoms with Crippen LogP contribution in [0.1, 0.15) is 24.2 Å². The number of nitrogens with one attached hydrogen (secondary N) is 1. The molecule has 0 atom stereocenters. The molecule has 1 heterocycles. The third-order valence-electron chi connectivity index (χ3n) is 2.28. The molecule has 4 heteroatoms. The first kappa shape index (κ1) is 10.7. The Morgan fingerprint density at radius 3 is 2.71 bits per heavy atom. The van der Waals surface area contributed by atoms with Crippen LogP contribution in [-0.4, -0.2) is 23.4 Å². The highest BCUT2D eigenvalue weighted by molar-refractivity contribution is 6.05. The lowest BCUT2D eigenvalue weighted by molar-refractivity contribution is 0.0890. The second-order valence-corrected chi connectivity index (χ2v) is 3.64. The van der Waals surface area contributed by atoms with Gasteiger partial charge < -0.3 is 11.1 Å². The van der Waals surface area contributed by atoms with Gasteiger partial charge in [-0.05, 0) is 33.0 Å². The predicted molar refractivity (Wildman–Crippen MR) is 56.1 cm³/mol. The van der Waals surface area contributed by atoms with Crippen LogP contribution in [0.15, 0.2) is 18.3 Å². The van der Waals surface area contributed by atoms with Gasteiger partial charge in [-0.25, -0.2) is 4.98 Å². The molecule has 0 saturated carbocycles. The minimum absolute atomic E-state index is 0.0504. The molecule has 3 N–H and O–H groups in total. The van der Waals surface area contributed by atoms with Crippen molar-refractivity contribution in [2.45, 2.75) is 19.4 Å². The average Bonchev–Trinajstić information content (AvgIpc) is 2.17. The Morgan fingerprint density at radius 2 is 2.21 bits per heavy atom. The molecule has 0 aliphatic carbocycles. The summed E-state index contributed by atoms with van der Waals surface area (Å²) in [7, 11) is 1.74. The maximum atomic E-state index is 11.9. The third-order valence-corrected chi connectivity index (χ3v) is 2.28. The number of nitrogens with zero attached hydrogens (tertiary/aromatic N) is 1. The number of hydrogen-bond donors (Lipinski definition) is 2. The summed E-state index contributed by atoms with van der Waals surface area (Å²) in [5.74, 6) is 0.228. The number of nitrogens with two attached hydrogens (primary N) is 1. The van der Waals surface area contributed by atoms with Gasteiger partial charge in [0, 0.05) is 6.20 Å². The molecule has 0 aliphatic heterocycles. The first-order chi connectivity index (χ1) is 6.49. The van der Waals surface area contributed by atoms with Crippen molar-refractivity contribution in [3.05, 3.63) is 23.9 Å². The number of likely N-dealkylation sites (N-methyl/N-ethyl adjacent to an activating group) is 1. The highest BCUT2D eigenvalue weighted by atomic mass is 16.1. The molecule has 0 unspecified atom stereocenters. The van der Waals surface area contributed by atoms with Gasteiger partial charge in [0.2, 0.25) is 0 Å². The topological polar surface area (TPSA) is 68.0 Å². The van der Waals surface area contributed by atoms with Gasteiger partial charge in [-0.15, -0.1) is 0 Å². The van der Waals surface area contributed by atoms with Gasteiger partial charge in [-0.1, -0.05) is 0 Å². The van der Waals surface area contributed by atoms with E-state index in [0.29, 0.717) is 5.56 Å². The monoisotopic (exact) mass is 193 g/mol. The van der Waals surface area contributed by atoms with Crippen LogP contribution in [0.5, 0.6) is 0 Å². The largest absolute Gasteiger partial charge is 0.383 e. The van der Waals surface area contributed by atoms with Crippen molar-refractivity contribution in [2.24, 2.45) is 0 Å². The van der Waals surface area contributed by atoms with Gasteiger partial charge >= 0.3 is 0 Å². The summed E-state index contributed by atoms with van der Waals surface area (Å²) in [5.41, 5.74) is 5.46. The second-order valence-electron chi connectivity index (χ2n) is 3.64. The van der Waals surface area contributed by atoms with E-state index in [2.05, 4.69) is 10.3 Å². The minimum Gasteiger partial charge on any atom is -0.383 e. The Bertz CT molecular complexity index is 347. The molecule has 14 heavy (non-hydrogen) atoms. The Kier molecular flexibility index (Phi) is 2.86. The molecule has 0 fully saturated rings. The van der Waals surface area contributed by atoms with Crippen LogP contribution in [-0.2, 0) is 0 Å². The summed E-state index contributed by atoms with van der Waals surface area (Å²) in [5, 5.41) is 2.93. The van der Waals surface area contributed by atoms with Crippen molar-refractivity contribution in [3.8, 4) is 0 Å². The van der Waals surface area contributed by atoms with E-state index < -0.39 is 5.54 Å². The number of hydrogen-bond acceptors (Lipinski definition) is 4. The van der Waals surface area contributed by atoms with E-state index in [-0.39, 0.29) is 11.6 Å². The number of anilines is 1. The van der Waals surface area contributed by atoms with Crippen LogP contribution < -0.4 is 11.1 Å². The number of Topliss-reactive ketones (excluding diaryl/α,β-unsaturated/α-hetero) is 1. The zero-order chi connectivity index (χ0) is 10.8. The lowest BCUT2D eigenvalue weighted by Gasteiger charge is -2.22. The summed E-state index contributed by atoms with van der Waals surface area (Å²) >= 11 is 0. The van der Waals surface area contributed by atoms with Crippen LogP contribution in [0.25, 0.3) is 0 Å². The normalized spacial score (nSPS) is 11.4. The molecule has 0 aromatic carbocycles. The first-order valence-electron chi connectivity index (χ1n) is 4.43. The predicted octanol–water partition coefficient (Wildman–Crippen LogP) is 0.844. The fraction of sp³-hybridized carbons (Fsp3) is 0.400. The van der Waals surface area contributed by atoms with Crippen molar-refractivity contribution < 1.29 is 4.79 Å². The lowest BCUT2D eigenvalue weighted by atomic mass is 9.94. The van der Waals surface area contributed by atoms with Gasteiger partial charge in [0.25, 0.3) is 0 Å². The van der Waals surface area contributed by atoms with Crippen molar-refractivity contribution in [2.75, 3.05) is 12.8 Å². The number of pyridine rings is 1. The summed E-state index contributed by atoms with van der Waals surface area (Å²) < 4.78 is 0. The maximum absolute atomic E-state index is 11.9. The highest BCUT2D eigenvalue weighted by Crippen LogP contribution is 2.15. The van der Waals surface area contributed by atoms with E-state index in [9.17, 15) is 4.79 Å². The van der Waals surface area contributed by atoms with E-state index in [1.807, 2.05) is 13.8 Å². The molecule has 0 radical (unpaired) electrons. The van der Waals surface area contributed by atoms with Crippen LogP contribution in [0.3, 0.4) is 0 Å². The number of carbonyl (C=O) groups excluding carboxylic acids is 1. The lowest BCUT2D eigenvalue weighted by Crippen LogP contribution is -2.44. The van der Waals surface area contributed by atoms with Gasteiger partial charge in [-0.3, -0.25) is 4.79 Å². The molecule has 1 aromatic rings. The minimum atomic E-state index is -0.614. The van der Waals surface area contributed by atoms with Crippen molar-refractivity contribution in [3.63, 3.8) is 0 Å². The Labute approximate surface area is 83.5 Å². The molecule has 0 bridgehead atoms. The Balaban J connectivity index is 3.07. The summed E-state index contributed by atoms with van der Waals surface area (Å²) in [6, 6.07) is 3.39. The van der Waals surface area contributed by atoms with Crippen molar-refractivity contribution in [1.29, 1.82) is 0 Å². The Morgan fingerprint density at radius 1 is 1.57 bits per heavy atom. The fourth-order valence-electron chi connectivity index (χ4n) is 1.06. The zero-order valence-electron chi connectivity index (χ0n) is 8.66. The molecular formula is C10H15N3O. The number of carbonyl (C=O) groups is 1. The third kappa shape index (κ3) is 1.90. The van der Waals surface area contributed by atoms with Gasteiger partial charge in [-0.2, -0.15) is 0 Å². The average molecular weight is 193 g/mol. The molecule has 1 aromatic heterocycles. The van der Waals surface area contributed by atoms with Crippen LogP contribution in [0, 0.1) is 0 Å². The zero-order valence-corrected chi connectivity index (χ0v) is 8.66. The SMILES string of the molecule is CNC(C)(C)C(=O)c1cccnc1N. The van der Waals surface area contributed by atoms with E-state index in [4.69, 9.17) is 5.73 Å². The summed E-state index contributed by atoms with van der Waals surface area (Å²) in [6.45, 7) is 3.61. The van der Waals surface area contributed by atoms with E-state index >= 15 is 0 Å². The maximum Gasteiger partial charge on any atom is 0.185 e. The number of rotatable bonds is 3.